The Morgan fingerprint density at radius 2 is 1.36 bits per heavy atom. The zero-order chi connectivity index (χ0) is 37.0. The summed E-state index contributed by atoms with van der Waals surface area (Å²) in [5.41, 5.74) is 14.7. The van der Waals surface area contributed by atoms with E-state index in [1.54, 1.807) is 0 Å². The molecule has 0 N–H and O–H groups in total. The Labute approximate surface area is 331 Å². The maximum absolute atomic E-state index is 4.64. The van der Waals surface area contributed by atoms with Crippen molar-refractivity contribution in [1.29, 1.82) is 0 Å². The highest BCUT2D eigenvalue weighted by molar-refractivity contribution is 8.00. The minimum Gasteiger partial charge on any atom is -0.309 e. The SMILES string of the molecule is C1=CC(c2ccccc2)=CC(C2=CC3Sc4c(-c5ccc6c7ccccc7n(-c7ccc(-c8ncccn8)c(-c8ccccc8)c7)c6c5)cccc4C3C=C2)C1. The van der Waals surface area contributed by atoms with Gasteiger partial charge in [0.1, 0.15) is 0 Å². The summed E-state index contributed by atoms with van der Waals surface area (Å²) in [4.78, 5) is 10.7. The lowest BCUT2D eigenvalue weighted by Gasteiger charge is -2.24. The van der Waals surface area contributed by atoms with Crippen LogP contribution in [0.4, 0.5) is 0 Å². The van der Waals surface area contributed by atoms with Gasteiger partial charge in [-0.05, 0) is 87.3 Å². The normalized spacial score (nSPS) is 18.5. The van der Waals surface area contributed by atoms with Crippen LogP contribution in [0.3, 0.4) is 0 Å². The minimum atomic E-state index is 0.370. The molecule has 2 aromatic heterocycles. The Kier molecular flexibility index (Phi) is 8.03. The molecule has 3 heterocycles. The van der Waals surface area contributed by atoms with Crippen molar-refractivity contribution in [2.45, 2.75) is 22.5 Å². The van der Waals surface area contributed by atoms with E-state index >= 15 is 0 Å². The average molecular weight is 736 g/mol. The summed E-state index contributed by atoms with van der Waals surface area (Å²) in [5, 5.41) is 2.87. The van der Waals surface area contributed by atoms with Crippen LogP contribution in [-0.2, 0) is 0 Å². The fraction of sp³-hybridized carbons (Fsp3) is 0.0769. The van der Waals surface area contributed by atoms with Gasteiger partial charge >= 0.3 is 0 Å². The molecule has 3 atom stereocenters. The van der Waals surface area contributed by atoms with Crippen LogP contribution in [0, 0.1) is 5.92 Å². The van der Waals surface area contributed by atoms with Crippen LogP contribution in [0.1, 0.15) is 23.5 Å². The lowest BCUT2D eigenvalue weighted by molar-refractivity contribution is 0.761. The van der Waals surface area contributed by atoms with Crippen LogP contribution in [0.2, 0.25) is 0 Å². The van der Waals surface area contributed by atoms with Gasteiger partial charge in [-0.2, -0.15) is 0 Å². The summed E-state index contributed by atoms with van der Waals surface area (Å²) in [6, 6.07) is 52.6. The van der Waals surface area contributed by atoms with E-state index in [4.69, 9.17) is 0 Å². The Morgan fingerprint density at radius 3 is 2.21 bits per heavy atom. The molecule has 2 aliphatic carbocycles. The molecule has 0 fully saturated rings. The number of rotatable bonds is 6. The first kappa shape index (κ1) is 32.9. The van der Waals surface area contributed by atoms with Crippen molar-refractivity contribution >= 4 is 39.1 Å². The van der Waals surface area contributed by atoms with Gasteiger partial charge in [0.15, 0.2) is 5.82 Å². The quantitative estimate of drug-likeness (QED) is 0.170. The van der Waals surface area contributed by atoms with Gasteiger partial charge in [0.05, 0.1) is 11.0 Å². The molecular formula is C52H37N3S. The summed E-state index contributed by atoms with van der Waals surface area (Å²) in [6.07, 6.45) is 19.2. The zero-order valence-electron chi connectivity index (χ0n) is 30.7. The van der Waals surface area contributed by atoms with Crippen molar-refractivity contribution in [2.75, 3.05) is 0 Å². The third-order valence-corrected chi connectivity index (χ3v) is 13.0. The molecule has 0 spiro atoms. The van der Waals surface area contributed by atoms with E-state index in [0.717, 1.165) is 34.6 Å². The molecule has 3 nitrogen and oxygen atoms in total. The molecule has 6 aromatic carbocycles. The van der Waals surface area contributed by atoms with Gasteiger partial charge in [0.2, 0.25) is 0 Å². The van der Waals surface area contributed by atoms with E-state index < -0.39 is 0 Å². The van der Waals surface area contributed by atoms with Crippen molar-refractivity contribution in [3.05, 3.63) is 211 Å². The molecule has 0 saturated heterocycles. The van der Waals surface area contributed by atoms with Crippen LogP contribution in [0.5, 0.6) is 0 Å². The summed E-state index contributed by atoms with van der Waals surface area (Å²) >= 11 is 2.03. The van der Waals surface area contributed by atoms with Crippen LogP contribution in [-0.4, -0.2) is 19.8 Å². The van der Waals surface area contributed by atoms with E-state index in [1.165, 1.54) is 60.1 Å². The Bertz CT molecular complexity index is 2920. The third kappa shape index (κ3) is 5.60. The summed E-state index contributed by atoms with van der Waals surface area (Å²) in [7, 11) is 0. The molecule has 8 aromatic rings. The highest BCUT2D eigenvalue weighted by atomic mass is 32.2. The number of benzene rings is 6. The summed E-state index contributed by atoms with van der Waals surface area (Å²) < 4.78 is 2.43. The molecule has 0 saturated carbocycles. The van der Waals surface area contributed by atoms with Gasteiger partial charge in [-0.15, -0.1) is 11.8 Å². The predicted octanol–water partition coefficient (Wildman–Crippen LogP) is 13.3. The number of para-hydroxylation sites is 1. The maximum atomic E-state index is 4.64. The van der Waals surface area contributed by atoms with Gasteiger partial charge in [0.25, 0.3) is 0 Å². The third-order valence-electron chi connectivity index (χ3n) is 11.6. The van der Waals surface area contributed by atoms with Gasteiger partial charge in [-0.1, -0.05) is 146 Å². The number of fused-ring (bicyclic) bond motifs is 6. The summed E-state index contributed by atoms with van der Waals surface area (Å²) in [6.45, 7) is 0. The number of allylic oxidation sites excluding steroid dienone is 7. The highest BCUT2D eigenvalue weighted by Gasteiger charge is 2.35. The molecule has 11 rings (SSSR count). The van der Waals surface area contributed by atoms with Crippen LogP contribution >= 0.6 is 11.8 Å². The Morgan fingerprint density at radius 1 is 0.571 bits per heavy atom. The average Bonchev–Trinajstić information content (AvgIpc) is 3.82. The van der Waals surface area contributed by atoms with Crippen molar-refractivity contribution in [1.82, 2.24) is 14.5 Å². The number of hydrogen-bond donors (Lipinski definition) is 0. The van der Waals surface area contributed by atoms with Gasteiger partial charge in [-0.3, -0.25) is 0 Å². The topological polar surface area (TPSA) is 30.7 Å². The maximum Gasteiger partial charge on any atom is 0.159 e. The van der Waals surface area contributed by atoms with E-state index in [1.807, 2.05) is 30.2 Å². The second-order valence-electron chi connectivity index (χ2n) is 14.8. The predicted molar refractivity (Wildman–Crippen MR) is 234 cm³/mol. The van der Waals surface area contributed by atoms with Crippen molar-refractivity contribution < 1.29 is 0 Å². The molecule has 4 heteroatoms. The molecule has 0 radical (unpaired) electrons. The smallest absolute Gasteiger partial charge is 0.159 e. The molecule has 56 heavy (non-hydrogen) atoms. The molecule has 266 valence electrons. The van der Waals surface area contributed by atoms with Crippen molar-refractivity contribution in [3.8, 4) is 39.3 Å². The van der Waals surface area contributed by atoms with E-state index in [-0.39, 0.29) is 0 Å². The molecule has 3 unspecified atom stereocenters. The fourth-order valence-corrected chi connectivity index (χ4v) is 10.5. The first-order valence-electron chi connectivity index (χ1n) is 19.4. The van der Waals surface area contributed by atoms with E-state index in [9.17, 15) is 0 Å². The number of nitrogens with zero attached hydrogens (tertiary/aromatic N) is 3. The van der Waals surface area contributed by atoms with Gasteiger partial charge < -0.3 is 4.57 Å². The zero-order valence-corrected chi connectivity index (χ0v) is 31.5. The lowest BCUT2D eigenvalue weighted by atomic mass is 9.81. The van der Waals surface area contributed by atoms with E-state index in [0.29, 0.717) is 17.1 Å². The fourth-order valence-electron chi connectivity index (χ4n) is 8.94. The van der Waals surface area contributed by atoms with Crippen LogP contribution < -0.4 is 0 Å². The first-order chi connectivity index (χ1) is 27.8. The van der Waals surface area contributed by atoms with Crippen LogP contribution in [0.25, 0.3) is 66.7 Å². The second kappa shape index (κ2) is 13.7. The first-order valence-corrected chi connectivity index (χ1v) is 20.3. The molecule has 3 aliphatic rings. The monoisotopic (exact) mass is 735 g/mol. The van der Waals surface area contributed by atoms with E-state index in [2.05, 4.69) is 191 Å². The Hall–Kier alpha value is -6.49. The van der Waals surface area contributed by atoms with Gasteiger partial charge in [-0.25, -0.2) is 9.97 Å². The largest absolute Gasteiger partial charge is 0.309 e. The van der Waals surface area contributed by atoms with Crippen molar-refractivity contribution in [3.63, 3.8) is 0 Å². The number of thioether (sulfide) groups is 1. The number of aromatic nitrogens is 3. The highest BCUT2D eigenvalue weighted by Crippen LogP contribution is 2.53. The standard InChI is InChI=1S/C52H37N3S/c1-3-12-34(13-4-1)36-16-9-17-37(30-36)38-22-26-44-45-20-10-19-41(51(45)56-50(44)32-38)39-23-25-43-42-18-7-8-21-48(42)55(49(43)31-39)40-24-27-46(52-53-28-11-29-54-52)47(33-40)35-14-5-2-6-15-35/h1-16,18-33,37,44,50H,17H2. The number of hydrogen-bond acceptors (Lipinski definition) is 3. The minimum absolute atomic E-state index is 0.370. The van der Waals surface area contributed by atoms with Gasteiger partial charge in [0, 0.05) is 56.4 Å². The Balaban J connectivity index is 0.996. The summed E-state index contributed by atoms with van der Waals surface area (Å²) in [5.74, 6) is 1.48. The van der Waals surface area contributed by atoms with Crippen LogP contribution in [0.15, 0.2) is 205 Å². The lowest BCUT2D eigenvalue weighted by Crippen LogP contribution is -2.13. The second-order valence-corrected chi connectivity index (χ2v) is 16.0. The molecule has 0 amide bonds. The van der Waals surface area contributed by atoms with Crippen molar-refractivity contribution in [2.24, 2.45) is 5.92 Å². The molecular weight excluding hydrogens is 699 g/mol. The molecule has 1 aliphatic heterocycles. The molecule has 0 bridgehead atoms.